The smallest absolute Gasteiger partial charge is 0.228 e. The lowest BCUT2D eigenvalue weighted by Crippen LogP contribution is -2.25. The van der Waals surface area contributed by atoms with Crippen LogP contribution in [0.25, 0.3) is 0 Å². The third-order valence-corrected chi connectivity index (χ3v) is 4.69. The summed E-state index contributed by atoms with van der Waals surface area (Å²) in [7, 11) is 2.74. The summed E-state index contributed by atoms with van der Waals surface area (Å²) in [5.74, 6) is 1.81. The quantitative estimate of drug-likeness (QED) is 0.327. The largest absolute Gasteiger partial charge is 0.489 e. The van der Waals surface area contributed by atoms with Gasteiger partial charge in [0.15, 0.2) is 0 Å². The summed E-state index contributed by atoms with van der Waals surface area (Å²) in [5.41, 5.74) is 0.996. The van der Waals surface area contributed by atoms with Gasteiger partial charge in [-0.1, -0.05) is 38.0 Å². The van der Waals surface area contributed by atoms with E-state index in [1.54, 1.807) is 6.92 Å². The van der Waals surface area contributed by atoms with Crippen molar-refractivity contribution in [1.82, 2.24) is 0 Å². The number of carbonyl (C=O) groups excluding carboxylic acids is 2. The molecular weight excluding hydrogens is 332 g/mol. The first-order valence-electron chi connectivity index (χ1n) is 9.23. The van der Waals surface area contributed by atoms with Crippen LogP contribution in [0, 0.1) is 12.3 Å². The van der Waals surface area contributed by atoms with Gasteiger partial charge in [0.25, 0.3) is 0 Å². The number of methoxy groups -OCH3 is 2. The van der Waals surface area contributed by atoms with Gasteiger partial charge >= 0.3 is 0 Å². The SMILES string of the molecule is C#CC(O)CCCCCCCCCC1=C(C)C(=O)C(OC)=C(OC)C1=O. The van der Waals surface area contributed by atoms with E-state index in [2.05, 4.69) is 5.92 Å². The van der Waals surface area contributed by atoms with Crippen molar-refractivity contribution >= 4 is 11.6 Å². The first-order valence-corrected chi connectivity index (χ1v) is 9.23. The maximum absolute atomic E-state index is 12.5. The first-order chi connectivity index (χ1) is 12.5. The van der Waals surface area contributed by atoms with Crippen LogP contribution in [-0.2, 0) is 19.1 Å². The van der Waals surface area contributed by atoms with Crippen LogP contribution >= 0.6 is 0 Å². The van der Waals surface area contributed by atoms with Gasteiger partial charge in [-0.3, -0.25) is 9.59 Å². The van der Waals surface area contributed by atoms with E-state index < -0.39 is 6.10 Å². The van der Waals surface area contributed by atoms with Gasteiger partial charge in [-0.25, -0.2) is 0 Å². The van der Waals surface area contributed by atoms with Crippen molar-refractivity contribution in [2.45, 2.75) is 70.8 Å². The molecule has 0 amide bonds. The minimum atomic E-state index is -0.619. The molecule has 5 nitrogen and oxygen atoms in total. The van der Waals surface area contributed by atoms with E-state index in [-0.39, 0.29) is 23.1 Å². The summed E-state index contributed by atoms with van der Waals surface area (Å²) in [4.78, 5) is 24.8. The van der Waals surface area contributed by atoms with Crippen LogP contribution in [0.2, 0.25) is 0 Å². The number of aliphatic hydroxyl groups excluding tert-OH is 1. The fourth-order valence-corrected chi connectivity index (χ4v) is 3.10. The zero-order valence-corrected chi connectivity index (χ0v) is 16.1. The van der Waals surface area contributed by atoms with Crippen LogP contribution in [0.15, 0.2) is 22.7 Å². The van der Waals surface area contributed by atoms with Crippen LogP contribution in [0.5, 0.6) is 0 Å². The normalized spacial score (nSPS) is 16.0. The van der Waals surface area contributed by atoms with Crippen molar-refractivity contribution < 1.29 is 24.2 Å². The summed E-state index contributed by atoms with van der Waals surface area (Å²) >= 11 is 0. The number of unbranched alkanes of at least 4 members (excludes halogenated alkanes) is 6. The van der Waals surface area contributed by atoms with E-state index in [9.17, 15) is 14.7 Å². The fourth-order valence-electron chi connectivity index (χ4n) is 3.10. The number of hydrogen-bond donors (Lipinski definition) is 1. The third-order valence-electron chi connectivity index (χ3n) is 4.69. The summed E-state index contributed by atoms with van der Waals surface area (Å²) in [5, 5.41) is 9.27. The number of carbonyl (C=O) groups is 2. The zero-order valence-electron chi connectivity index (χ0n) is 16.1. The Hall–Kier alpha value is -2.06. The molecular formula is C21H30O5. The van der Waals surface area contributed by atoms with Crippen molar-refractivity contribution in [1.29, 1.82) is 0 Å². The number of allylic oxidation sites excluding steroid dienone is 2. The van der Waals surface area contributed by atoms with E-state index >= 15 is 0 Å². The van der Waals surface area contributed by atoms with Gasteiger partial charge < -0.3 is 14.6 Å². The molecule has 0 aromatic rings. The highest BCUT2D eigenvalue weighted by atomic mass is 16.5. The van der Waals surface area contributed by atoms with Crippen molar-refractivity contribution in [3.63, 3.8) is 0 Å². The highest BCUT2D eigenvalue weighted by molar-refractivity contribution is 6.23. The minimum absolute atomic E-state index is 0.00583. The average Bonchev–Trinajstić information content (AvgIpc) is 2.64. The van der Waals surface area contributed by atoms with Crippen LogP contribution < -0.4 is 0 Å². The number of ether oxygens (including phenoxy) is 2. The molecule has 144 valence electrons. The van der Waals surface area contributed by atoms with E-state index in [1.807, 2.05) is 0 Å². The number of rotatable bonds is 12. The monoisotopic (exact) mass is 362 g/mol. The lowest BCUT2D eigenvalue weighted by Gasteiger charge is -2.20. The van der Waals surface area contributed by atoms with Crippen LogP contribution in [-0.4, -0.2) is 37.0 Å². The molecule has 0 aromatic heterocycles. The van der Waals surface area contributed by atoms with Crippen molar-refractivity contribution in [3.05, 3.63) is 22.7 Å². The molecule has 26 heavy (non-hydrogen) atoms. The molecule has 0 fully saturated rings. The predicted molar refractivity (Wildman–Crippen MR) is 100 cm³/mol. The minimum Gasteiger partial charge on any atom is -0.489 e. The van der Waals surface area contributed by atoms with Gasteiger partial charge in [0.1, 0.15) is 6.10 Å². The second kappa shape index (κ2) is 11.5. The summed E-state index contributed by atoms with van der Waals surface area (Å²) in [6, 6.07) is 0. The van der Waals surface area contributed by atoms with E-state index in [1.165, 1.54) is 14.2 Å². The van der Waals surface area contributed by atoms with Gasteiger partial charge in [-0.2, -0.15) is 0 Å². The molecule has 5 heteroatoms. The van der Waals surface area contributed by atoms with E-state index in [4.69, 9.17) is 15.9 Å². The zero-order chi connectivity index (χ0) is 19.5. The molecule has 1 aliphatic rings. The van der Waals surface area contributed by atoms with E-state index in [0.717, 1.165) is 44.9 Å². The van der Waals surface area contributed by atoms with Crippen LogP contribution in [0.3, 0.4) is 0 Å². The van der Waals surface area contributed by atoms with Crippen LogP contribution in [0.1, 0.15) is 64.7 Å². The average molecular weight is 362 g/mol. The number of aliphatic hydroxyl groups is 1. The molecule has 0 saturated carbocycles. The fraction of sp³-hybridized carbons (Fsp3) is 0.619. The molecule has 1 rings (SSSR count). The Morgan fingerprint density at radius 2 is 1.42 bits per heavy atom. The molecule has 0 heterocycles. The van der Waals surface area contributed by atoms with Gasteiger partial charge in [-0.05, 0) is 32.6 Å². The topological polar surface area (TPSA) is 72.8 Å². The number of terminal acetylenes is 1. The second-order valence-corrected chi connectivity index (χ2v) is 6.52. The molecule has 0 bridgehead atoms. The van der Waals surface area contributed by atoms with E-state index in [0.29, 0.717) is 24.0 Å². The van der Waals surface area contributed by atoms with Gasteiger partial charge in [0.05, 0.1) is 14.2 Å². The molecule has 1 atom stereocenters. The van der Waals surface area contributed by atoms with Gasteiger partial charge in [0.2, 0.25) is 23.1 Å². The molecule has 0 aromatic carbocycles. The Kier molecular flexibility index (Phi) is 9.75. The highest BCUT2D eigenvalue weighted by Crippen LogP contribution is 2.28. The Morgan fingerprint density at radius 3 is 1.96 bits per heavy atom. The van der Waals surface area contributed by atoms with Gasteiger partial charge in [-0.15, -0.1) is 6.42 Å². The summed E-state index contributed by atoms with van der Waals surface area (Å²) in [6.07, 6.45) is 13.0. The molecule has 0 radical (unpaired) electrons. The maximum Gasteiger partial charge on any atom is 0.228 e. The predicted octanol–water partition coefficient (Wildman–Crippen LogP) is 3.46. The van der Waals surface area contributed by atoms with Crippen molar-refractivity contribution in [2.75, 3.05) is 14.2 Å². The van der Waals surface area contributed by atoms with Crippen molar-refractivity contribution in [2.24, 2.45) is 0 Å². The molecule has 0 saturated heterocycles. The number of hydrogen-bond acceptors (Lipinski definition) is 5. The Morgan fingerprint density at radius 1 is 0.923 bits per heavy atom. The third kappa shape index (κ3) is 6.03. The number of Topliss-reactive ketones (excluding diaryl/α,β-unsaturated/α-hetero) is 2. The Bertz CT molecular complexity index is 606. The van der Waals surface area contributed by atoms with Crippen LogP contribution in [0.4, 0.5) is 0 Å². The highest BCUT2D eigenvalue weighted by Gasteiger charge is 2.34. The molecule has 1 N–H and O–H groups in total. The standard InChI is InChI=1S/C21H30O5/c1-5-16(22)13-11-9-7-6-8-10-12-14-17-15(2)18(23)20(25-3)21(26-4)19(17)24/h1,16,22H,6-14H2,2-4H3. The van der Waals surface area contributed by atoms with Gasteiger partial charge in [0, 0.05) is 11.1 Å². The number of ketones is 2. The molecule has 0 spiro atoms. The molecule has 1 aliphatic carbocycles. The maximum atomic E-state index is 12.5. The Balaban J connectivity index is 2.33. The molecule has 0 aliphatic heterocycles. The Labute approximate surface area is 156 Å². The first kappa shape index (κ1) is 22.0. The lowest BCUT2D eigenvalue weighted by molar-refractivity contribution is -0.121. The lowest BCUT2D eigenvalue weighted by atomic mass is 9.89. The summed E-state index contributed by atoms with van der Waals surface area (Å²) in [6.45, 7) is 1.67. The summed E-state index contributed by atoms with van der Waals surface area (Å²) < 4.78 is 10.1. The molecule has 1 unspecified atom stereocenters. The second-order valence-electron chi connectivity index (χ2n) is 6.52. The van der Waals surface area contributed by atoms with Crippen molar-refractivity contribution in [3.8, 4) is 12.3 Å².